The Kier molecular flexibility index (Phi) is 4.44. The second-order valence-corrected chi connectivity index (χ2v) is 7.11. The van der Waals surface area contributed by atoms with Gasteiger partial charge in [0.25, 0.3) is 0 Å². The van der Waals surface area contributed by atoms with Gasteiger partial charge < -0.3 is 14.6 Å². The van der Waals surface area contributed by atoms with Crippen molar-refractivity contribution in [2.75, 3.05) is 6.61 Å². The van der Waals surface area contributed by atoms with Crippen LogP contribution < -0.4 is 5.32 Å². The molecule has 3 heterocycles. The molecule has 1 atom stereocenters. The van der Waals surface area contributed by atoms with E-state index in [1.54, 1.807) is 0 Å². The summed E-state index contributed by atoms with van der Waals surface area (Å²) in [5, 5.41) is 3.39. The number of nitrogens with zero attached hydrogens (tertiary/aromatic N) is 2. The van der Waals surface area contributed by atoms with Crippen molar-refractivity contribution >= 4 is 0 Å². The summed E-state index contributed by atoms with van der Waals surface area (Å²) in [5.74, 6) is -0.740. The molecule has 1 saturated heterocycles. The summed E-state index contributed by atoms with van der Waals surface area (Å²) in [4.78, 5) is 3.93. The number of halogens is 3. The Morgan fingerprint density at radius 3 is 2.83 bits per heavy atom. The van der Waals surface area contributed by atoms with Crippen LogP contribution in [-0.2, 0) is 30.4 Å². The summed E-state index contributed by atoms with van der Waals surface area (Å²) in [6.07, 6.45) is -0.251. The fraction of sp³-hybridized carbons (Fsp3) is 0.812. The van der Waals surface area contributed by atoms with E-state index in [1.807, 2.05) is 13.8 Å². The molecular weight excluding hydrogens is 307 g/mol. The van der Waals surface area contributed by atoms with Crippen molar-refractivity contribution in [2.45, 2.75) is 76.9 Å². The van der Waals surface area contributed by atoms with Crippen LogP contribution in [0.25, 0.3) is 0 Å². The van der Waals surface area contributed by atoms with Crippen molar-refractivity contribution in [1.82, 2.24) is 14.9 Å². The highest BCUT2D eigenvalue weighted by atomic mass is 19.4. The normalized spacial score (nSPS) is 24.5. The van der Waals surface area contributed by atoms with E-state index in [0.29, 0.717) is 31.8 Å². The molecule has 0 bridgehead atoms. The molecule has 2 aliphatic heterocycles. The van der Waals surface area contributed by atoms with Crippen molar-refractivity contribution in [2.24, 2.45) is 0 Å². The molecule has 2 aliphatic rings. The molecule has 4 nitrogen and oxygen atoms in total. The van der Waals surface area contributed by atoms with Gasteiger partial charge in [-0.1, -0.05) is 0 Å². The van der Waals surface area contributed by atoms with E-state index in [0.717, 1.165) is 31.4 Å². The molecule has 1 N–H and O–H groups in total. The third kappa shape index (κ3) is 3.71. The number of imidazole rings is 1. The van der Waals surface area contributed by atoms with Gasteiger partial charge in [0.15, 0.2) is 0 Å². The molecule has 1 unspecified atom stereocenters. The lowest BCUT2D eigenvalue weighted by Gasteiger charge is -2.36. The van der Waals surface area contributed by atoms with Gasteiger partial charge in [0.05, 0.1) is 11.3 Å². The van der Waals surface area contributed by atoms with Crippen molar-refractivity contribution in [3.8, 4) is 0 Å². The third-order valence-electron chi connectivity index (χ3n) is 4.71. The van der Waals surface area contributed by atoms with E-state index >= 15 is 0 Å². The molecule has 23 heavy (non-hydrogen) atoms. The fourth-order valence-corrected chi connectivity index (χ4v) is 3.62. The number of nitrogens with one attached hydrogen (secondary N) is 1. The van der Waals surface area contributed by atoms with Gasteiger partial charge >= 0.3 is 6.18 Å². The van der Waals surface area contributed by atoms with Crippen molar-refractivity contribution < 1.29 is 17.9 Å². The maximum atomic E-state index is 13.2. The third-order valence-corrected chi connectivity index (χ3v) is 4.71. The van der Waals surface area contributed by atoms with Gasteiger partial charge in [-0.05, 0) is 46.0 Å². The van der Waals surface area contributed by atoms with Crippen LogP contribution in [0.2, 0.25) is 0 Å². The Bertz CT molecular complexity index is 566. The van der Waals surface area contributed by atoms with Crippen LogP contribution in [0.15, 0.2) is 0 Å². The smallest absolute Gasteiger partial charge is 0.375 e. The number of rotatable bonds is 3. The van der Waals surface area contributed by atoms with E-state index in [9.17, 15) is 13.2 Å². The van der Waals surface area contributed by atoms with Crippen LogP contribution in [0.1, 0.15) is 56.7 Å². The number of aromatic nitrogens is 2. The Morgan fingerprint density at radius 2 is 2.13 bits per heavy atom. The van der Waals surface area contributed by atoms with Crippen LogP contribution in [0.3, 0.4) is 0 Å². The number of hydrogen-bond acceptors (Lipinski definition) is 3. The summed E-state index contributed by atoms with van der Waals surface area (Å²) in [6.45, 7) is 5.58. The molecule has 1 aromatic heterocycles. The highest BCUT2D eigenvalue weighted by molar-refractivity contribution is 5.21. The minimum atomic E-state index is -4.38. The lowest BCUT2D eigenvalue weighted by Crippen LogP contribution is -2.43. The molecule has 1 fully saturated rings. The van der Waals surface area contributed by atoms with Gasteiger partial charge in [0, 0.05) is 31.4 Å². The SMILES string of the molecule is CC1(C)CC(NCc2nc(C(F)(F)F)n3c2CCCC3)CCO1. The largest absolute Gasteiger partial charge is 0.449 e. The molecule has 0 amide bonds. The summed E-state index contributed by atoms with van der Waals surface area (Å²) >= 11 is 0. The van der Waals surface area contributed by atoms with Gasteiger partial charge in [-0.3, -0.25) is 0 Å². The van der Waals surface area contributed by atoms with Gasteiger partial charge in [0.1, 0.15) is 0 Å². The molecule has 1 aromatic rings. The molecule has 0 saturated carbocycles. The predicted molar refractivity (Wildman–Crippen MR) is 80.1 cm³/mol. The standard InChI is InChI=1S/C16H24F3N3O/c1-15(2)9-11(6-8-23-15)20-10-12-13-5-3-4-7-22(13)14(21-12)16(17,18)19/h11,20H,3-10H2,1-2H3. The lowest BCUT2D eigenvalue weighted by atomic mass is 9.94. The lowest BCUT2D eigenvalue weighted by molar-refractivity contribution is -0.147. The van der Waals surface area contributed by atoms with Crippen LogP contribution in [0.5, 0.6) is 0 Å². The van der Waals surface area contributed by atoms with Crippen molar-refractivity contribution in [3.63, 3.8) is 0 Å². The maximum absolute atomic E-state index is 13.2. The Labute approximate surface area is 134 Å². The van der Waals surface area contributed by atoms with Gasteiger partial charge in [0.2, 0.25) is 5.82 Å². The molecule has 130 valence electrons. The molecule has 0 radical (unpaired) electrons. The van der Waals surface area contributed by atoms with E-state index in [2.05, 4.69) is 10.3 Å². The zero-order valence-electron chi connectivity index (χ0n) is 13.7. The zero-order chi connectivity index (χ0) is 16.7. The Morgan fingerprint density at radius 1 is 1.35 bits per heavy atom. The predicted octanol–water partition coefficient (Wildman–Crippen LogP) is 3.29. The van der Waals surface area contributed by atoms with Crippen LogP contribution in [0.4, 0.5) is 13.2 Å². The van der Waals surface area contributed by atoms with Gasteiger partial charge in [-0.15, -0.1) is 0 Å². The van der Waals surface area contributed by atoms with Crippen molar-refractivity contribution in [1.29, 1.82) is 0 Å². The van der Waals surface area contributed by atoms with Crippen molar-refractivity contribution in [3.05, 3.63) is 17.2 Å². The minimum Gasteiger partial charge on any atom is -0.375 e. The Hall–Kier alpha value is -1.08. The van der Waals surface area contributed by atoms with E-state index in [1.165, 1.54) is 4.57 Å². The van der Waals surface area contributed by atoms with E-state index in [-0.39, 0.29) is 11.6 Å². The molecule has 0 spiro atoms. The second-order valence-electron chi connectivity index (χ2n) is 7.11. The topological polar surface area (TPSA) is 39.1 Å². The first-order chi connectivity index (χ1) is 10.8. The average Bonchev–Trinajstić information content (AvgIpc) is 2.83. The number of hydrogen-bond donors (Lipinski definition) is 1. The summed E-state index contributed by atoms with van der Waals surface area (Å²) in [5.41, 5.74) is 1.13. The molecule has 0 aliphatic carbocycles. The molecule has 7 heteroatoms. The van der Waals surface area contributed by atoms with E-state index in [4.69, 9.17) is 4.74 Å². The minimum absolute atomic E-state index is 0.180. The maximum Gasteiger partial charge on any atom is 0.449 e. The summed E-state index contributed by atoms with van der Waals surface area (Å²) in [7, 11) is 0. The quantitative estimate of drug-likeness (QED) is 0.924. The number of ether oxygens (including phenoxy) is 1. The van der Waals surface area contributed by atoms with Crippen LogP contribution >= 0.6 is 0 Å². The Balaban J connectivity index is 1.74. The second kappa shape index (κ2) is 6.09. The van der Waals surface area contributed by atoms with Crippen LogP contribution in [-0.4, -0.2) is 27.8 Å². The molecule has 0 aromatic carbocycles. The first kappa shape index (κ1) is 16.8. The van der Waals surface area contributed by atoms with Crippen LogP contribution in [0, 0.1) is 0 Å². The highest BCUT2D eigenvalue weighted by Crippen LogP contribution is 2.33. The summed E-state index contributed by atoms with van der Waals surface area (Å²) in [6, 6.07) is 0.258. The van der Waals surface area contributed by atoms with Gasteiger partial charge in [-0.2, -0.15) is 13.2 Å². The van der Waals surface area contributed by atoms with Gasteiger partial charge in [-0.25, -0.2) is 4.98 Å². The highest BCUT2D eigenvalue weighted by Gasteiger charge is 2.39. The number of alkyl halides is 3. The number of fused-ring (bicyclic) bond motifs is 1. The molecular formula is C16H24F3N3O. The zero-order valence-corrected chi connectivity index (χ0v) is 13.7. The monoisotopic (exact) mass is 331 g/mol. The fourth-order valence-electron chi connectivity index (χ4n) is 3.62. The summed E-state index contributed by atoms with van der Waals surface area (Å²) < 4.78 is 46.5. The first-order valence-electron chi connectivity index (χ1n) is 8.29. The molecule has 3 rings (SSSR count). The van der Waals surface area contributed by atoms with E-state index < -0.39 is 12.0 Å². The average molecular weight is 331 g/mol. The first-order valence-corrected chi connectivity index (χ1v) is 8.29.